The molecule has 0 fully saturated rings. The topological polar surface area (TPSA) is 63.6 Å². The molecule has 0 aromatic heterocycles. The number of carbonyl (C=O) groups excluding carboxylic acids is 1. The maximum atomic E-state index is 9.96. The first kappa shape index (κ1) is 11.9. The van der Waals surface area contributed by atoms with E-state index in [4.69, 9.17) is 5.11 Å². The van der Waals surface area contributed by atoms with Crippen LogP contribution < -0.4 is 0 Å². The fourth-order valence-electron chi connectivity index (χ4n) is 0.163. The number of ether oxygens (including phenoxy) is 1. The predicted molar refractivity (Wildman–Crippen MR) is 33.2 cm³/mol. The van der Waals surface area contributed by atoms with Crippen molar-refractivity contribution in [3.8, 4) is 0 Å². The van der Waals surface area contributed by atoms with E-state index in [9.17, 15) is 9.59 Å². The third-order valence-electron chi connectivity index (χ3n) is 0.399. The molecule has 0 atom stereocenters. The van der Waals surface area contributed by atoms with Crippen molar-refractivity contribution in [3.63, 3.8) is 0 Å². The molecule has 0 rings (SSSR count). The van der Waals surface area contributed by atoms with Crippen LogP contribution in [-0.2, 0) is 9.53 Å². The number of ketones is 1. The molecule has 0 aliphatic heterocycles. The molecule has 1 N–H and O–H groups in total. The van der Waals surface area contributed by atoms with E-state index in [1.54, 1.807) is 0 Å². The summed E-state index contributed by atoms with van der Waals surface area (Å²) in [6.45, 7) is 0.901. The van der Waals surface area contributed by atoms with Crippen molar-refractivity contribution >= 4 is 49.7 Å². The Kier molecular flexibility index (Phi) is 8.38. The molecule has 0 amide bonds. The molecular formula is C4H8CaO4. The van der Waals surface area contributed by atoms with Gasteiger partial charge in [0.05, 0.1) is 0 Å². The fourth-order valence-corrected chi connectivity index (χ4v) is 0.163. The number of carboxylic acid groups (broad SMARTS) is 1. The molecule has 0 spiro atoms. The number of rotatable bonds is 2. The zero-order valence-electron chi connectivity index (χ0n) is 4.38. The first-order chi connectivity index (χ1) is 3.63. The van der Waals surface area contributed by atoms with Gasteiger partial charge < -0.3 is 9.84 Å². The van der Waals surface area contributed by atoms with Gasteiger partial charge in [0, 0.05) is 0 Å². The normalized spacial score (nSPS) is 7.22. The van der Waals surface area contributed by atoms with Crippen LogP contribution in [0, 0.1) is 0 Å². The summed E-state index contributed by atoms with van der Waals surface area (Å²) in [5, 5.41) is 7.79. The molecule has 0 aromatic rings. The van der Waals surface area contributed by atoms with E-state index in [-0.39, 0.29) is 50.1 Å². The molecule has 0 unspecified atom stereocenters. The summed E-state index contributed by atoms with van der Waals surface area (Å²) in [4.78, 5) is 19.5. The average molecular weight is 160 g/mol. The van der Waals surface area contributed by atoms with Gasteiger partial charge in [0.25, 0.3) is 0 Å². The number of carbonyl (C=O) groups is 2. The van der Waals surface area contributed by atoms with E-state index < -0.39 is 6.16 Å². The van der Waals surface area contributed by atoms with Crippen LogP contribution in [0.4, 0.5) is 4.79 Å². The van der Waals surface area contributed by atoms with E-state index in [0.717, 1.165) is 0 Å². The van der Waals surface area contributed by atoms with Gasteiger partial charge in [-0.25, -0.2) is 4.79 Å². The van der Waals surface area contributed by atoms with Gasteiger partial charge in [0.2, 0.25) is 0 Å². The van der Waals surface area contributed by atoms with Crippen molar-refractivity contribution in [2.45, 2.75) is 6.92 Å². The predicted octanol–water partition coefficient (Wildman–Crippen LogP) is -0.646. The second-order valence-electron chi connectivity index (χ2n) is 1.26. The second-order valence-corrected chi connectivity index (χ2v) is 1.26. The summed E-state index contributed by atoms with van der Waals surface area (Å²) in [5.41, 5.74) is 0. The van der Waals surface area contributed by atoms with E-state index in [1.165, 1.54) is 6.92 Å². The summed E-state index contributed by atoms with van der Waals surface area (Å²) in [7, 11) is 0. The van der Waals surface area contributed by atoms with Gasteiger partial charge in [-0.15, -0.1) is 0 Å². The third-order valence-corrected chi connectivity index (χ3v) is 0.399. The second kappa shape index (κ2) is 6.32. The molecule has 0 heterocycles. The van der Waals surface area contributed by atoms with Crippen LogP contribution in [0.5, 0.6) is 0 Å². The van der Waals surface area contributed by atoms with Gasteiger partial charge in [0.1, 0.15) is 0 Å². The van der Waals surface area contributed by atoms with Gasteiger partial charge >= 0.3 is 43.9 Å². The van der Waals surface area contributed by atoms with Gasteiger partial charge in [-0.2, -0.15) is 0 Å². The van der Waals surface area contributed by atoms with Crippen LogP contribution in [0.1, 0.15) is 6.92 Å². The molecule has 0 saturated heterocycles. The monoisotopic (exact) mass is 160 g/mol. The third kappa shape index (κ3) is 11.7. The molecule has 50 valence electrons. The molecule has 0 bridgehead atoms. The SMILES string of the molecule is CC(=O)COC(=O)O.[CaH2]. The minimum absolute atomic E-state index is 0. The van der Waals surface area contributed by atoms with E-state index >= 15 is 0 Å². The summed E-state index contributed by atoms with van der Waals surface area (Å²) >= 11 is 0. The summed E-state index contributed by atoms with van der Waals surface area (Å²) in [5.74, 6) is -0.299. The van der Waals surface area contributed by atoms with Crippen LogP contribution in [0.3, 0.4) is 0 Å². The quantitative estimate of drug-likeness (QED) is 0.431. The van der Waals surface area contributed by atoms with Crippen molar-refractivity contribution in [2.75, 3.05) is 6.61 Å². The van der Waals surface area contributed by atoms with Gasteiger partial charge in [-0.3, -0.25) is 4.79 Å². The van der Waals surface area contributed by atoms with Crippen molar-refractivity contribution in [1.29, 1.82) is 0 Å². The van der Waals surface area contributed by atoms with Crippen LogP contribution in [0.25, 0.3) is 0 Å². The van der Waals surface area contributed by atoms with Crippen molar-refractivity contribution in [1.82, 2.24) is 0 Å². The molecule has 0 aliphatic rings. The first-order valence-electron chi connectivity index (χ1n) is 1.98. The Hall–Kier alpha value is 0.200. The van der Waals surface area contributed by atoms with E-state index in [1.807, 2.05) is 0 Å². The van der Waals surface area contributed by atoms with Crippen molar-refractivity contribution in [2.24, 2.45) is 0 Å². The van der Waals surface area contributed by atoms with Crippen LogP contribution >= 0.6 is 0 Å². The molecule has 0 saturated carbocycles. The summed E-state index contributed by atoms with van der Waals surface area (Å²) in [6, 6.07) is 0. The molecule has 0 aliphatic carbocycles. The van der Waals surface area contributed by atoms with E-state index in [2.05, 4.69) is 4.74 Å². The van der Waals surface area contributed by atoms with Gasteiger partial charge in [-0.1, -0.05) is 0 Å². The Balaban J connectivity index is 0. The van der Waals surface area contributed by atoms with Crippen molar-refractivity contribution < 1.29 is 19.4 Å². The molecule has 5 heteroatoms. The number of hydrogen-bond acceptors (Lipinski definition) is 3. The Morgan fingerprint density at radius 3 is 2.11 bits per heavy atom. The molecule has 0 aromatic carbocycles. The summed E-state index contributed by atoms with van der Waals surface area (Å²) < 4.78 is 3.87. The van der Waals surface area contributed by atoms with Crippen molar-refractivity contribution in [3.05, 3.63) is 0 Å². The Morgan fingerprint density at radius 1 is 1.56 bits per heavy atom. The van der Waals surface area contributed by atoms with Gasteiger partial charge in [-0.05, 0) is 6.92 Å². The van der Waals surface area contributed by atoms with Crippen LogP contribution in [-0.4, -0.2) is 61.4 Å². The zero-order chi connectivity index (χ0) is 6.57. The molecule has 9 heavy (non-hydrogen) atoms. The standard InChI is InChI=1S/C4H6O4.Ca.2H/c1-3(5)2-8-4(6)7;;;/h2H2,1H3,(H,6,7);;;. The molecular weight excluding hydrogens is 152 g/mol. The number of Topliss-reactive ketones (excluding diaryl/α,β-unsaturated/α-hetero) is 1. The Labute approximate surface area is 82.2 Å². The first-order valence-corrected chi connectivity index (χ1v) is 1.98. The average Bonchev–Trinajstić information content (AvgIpc) is 1.61. The fraction of sp³-hybridized carbons (Fsp3) is 0.500. The zero-order valence-corrected chi connectivity index (χ0v) is 4.38. The Morgan fingerprint density at radius 2 is 2.00 bits per heavy atom. The maximum absolute atomic E-state index is 9.96. The van der Waals surface area contributed by atoms with E-state index in [0.29, 0.717) is 0 Å². The number of hydrogen-bond donors (Lipinski definition) is 1. The minimum atomic E-state index is -1.42. The summed E-state index contributed by atoms with van der Waals surface area (Å²) in [6.07, 6.45) is -1.42. The molecule has 4 nitrogen and oxygen atoms in total. The molecule has 0 radical (unpaired) electrons. The van der Waals surface area contributed by atoms with Crippen LogP contribution in [0.2, 0.25) is 0 Å². The van der Waals surface area contributed by atoms with Gasteiger partial charge in [0.15, 0.2) is 12.4 Å². The Bertz CT molecular complexity index is 97.1. The van der Waals surface area contributed by atoms with Crippen LogP contribution in [0.15, 0.2) is 0 Å².